The maximum absolute atomic E-state index is 8.89. The van der Waals surface area contributed by atoms with Crippen LogP contribution >= 0.6 is 0 Å². The highest BCUT2D eigenvalue weighted by molar-refractivity contribution is 5.87. The van der Waals surface area contributed by atoms with Crippen LogP contribution in [0, 0.1) is 5.92 Å². The van der Waals surface area contributed by atoms with Gasteiger partial charge in [0.25, 0.3) is 0 Å². The Morgan fingerprint density at radius 2 is 2.16 bits per heavy atom. The number of piperidine rings is 1. The van der Waals surface area contributed by atoms with E-state index in [-0.39, 0.29) is 0 Å². The predicted octanol–water partition coefficient (Wildman–Crippen LogP) is 1.95. The van der Waals surface area contributed by atoms with Crippen LogP contribution in [0.2, 0.25) is 0 Å². The number of rotatable bonds is 4. The van der Waals surface area contributed by atoms with Gasteiger partial charge in [-0.25, -0.2) is 9.97 Å². The summed E-state index contributed by atoms with van der Waals surface area (Å²) in [6.07, 6.45) is 8.00. The van der Waals surface area contributed by atoms with Crippen molar-refractivity contribution in [2.45, 2.75) is 25.7 Å². The van der Waals surface area contributed by atoms with E-state index in [1.54, 1.807) is 6.33 Å². The van der Waals surface area contributed by atoms with Crippen molar-refractivity contribution < 1.29 is 5.11 Å². The van der Waals surface area contributed by atoms with Crippen molar-refractivity contribution in [2.75, 3.05) is 24.6 Å². The van der Waals surface area contributed by atoms with Gasteiger partial charge in [-0.05, 0) is 37.7 Å². The van der Waals surface area contributed by atoms with Gasteiger partial charge in [0.2, 0.25) is 0 Å². The van der Waals surface area contributed by atoms with Gasteiger partial charge in [-0.2, -0.15) is 0 Å². The summed E-state index contributed by atoms with van der Waals surface area (Å²) in [6.45, 7) is 2.41. The molecule has 3 heterocycles. The Balaban J connectivity index is 1.69. The second-order valence-electron chi connectivity index (χ2n) is 5.23. The zero-order valence-electron chi connectivity index (χ0n) is 11.0. The molecule has 1 aliphatic heterocycles. The minimum Gasteiger partial charge on any atom is -0.396 e. The number of nitrogens with zero attached hydrogens (tertiary/aromatic N) is 3. The van der Waals surface area contributed by atoms with Gasteiger partial charge in [-0.1, -0.05) is 0 Å². The van der Waals surface area contributed by atoms with Crippen LogP contribution < -0.4 is 4.90 Å². The minimum atomic E-state index is 0.316. The summed E-state index contributed by atoms with van der Waals surface area (Å²) in [5, 5.41) is 10.00. The molecule has 19 heavy (non-hydrogen) atoms. The molecule has 102 valence electrons. The second kappa shape index (κ2) is 5.57. The number of fused-ring (bicyclic) bond motifs is 1. The molecule has 0 aliphatic carbocycles. The van der Waals surface area contributed by atoms with E-state index < -0.39 is 0 Å². The van der Waals surface area contributed by atoms with Crippen molar-refractivity contribution in [3.8, 4) is 0 Å². The van der Waals surface area contributed by atoms with Crippen LogP contribution in [0.25, 0.3) is 11.0 Å². The number of H-pyrrole nitrogens is 1. The third kappa shape index (κ3) is 2.56. The maximum atomic E-state index is 8.89. The summed E-state index contributed by atoms with van der Waals surface area (Å²) in [4.78, 5) is 14.2. The van der Waals surface area contributed by atoms with E-state index in [1.807, 2.05) is 12.3 Å². The van der Waals surface area contributed by atoms with Crippen LogP contribution in [0.5, 0.6) is 0 Å². The van der Waals surface area contributed by atoms with Crippen LogP contribution in [0.1, 0.15) is 25.7 Å². The fourth-order valence-corrected chi connectivity index (χ4v) is 2.92. The molecule has 0 radical (unpaired) electrons. The first kappa shape index (κ1) is 12.4. The highest BCUT2D eigenvalue weighted by atomic mass is 16.2. The third-order valence-corrected chi connectivity index (χ3v) is 4.02. The number of aliphatic hydroxyl groups is 1. The van der Waals surface area contributed by atoms with Crippen LogP contribution in [0.4, 0.5) is 5.82 Å². The first-order chi connectivity index (χ1) is 9.38. The molecule has 1 fully saturated rings. The highest BCUT2D eigenvalue weighted by Gasteiger charge is 2.21. The highest BCUT2D eigenvalue weighted by Crippen LogP contribution is 2.28. The monoisotopic (exact) mass is 260 g/mol. The Bertz CT molecular complexity index is 531. The average molecular weight is 260 g/mol. The topological polar surface area (TPSA) is 65.0 Å². The lowest BCUT2D eigenvalue weighted by Crippen LogP contribution is -2.34. The van der Waals surface area contributed by atoms with E-state index in [4.69, 9.17) is 5.11 Å². The van der Waals surface area contributed by atoms with E-state index in [2.05, 4.69) is 19.9 Å². The van der Waals surface area contributed by atoms with Crippen molar-refractivity contribution in [3.05, 3.63) is 18.6 Å². The Labute approximate surface area is 112 Å². The van der Waals surface area contributed by atoms with Crippen molar-refractivity contribution in [2.24, 2.45) is 5.92 Å². The van der Waals surface area contributed by atoms with Gasteiger partial charge in [-0.15, -0.1) is 0 Å². The summed E-state index contributed by atoms with van der Waals surface area (Å²) in [6, 6.07) is 2.04. The van der Waals surface area contributed by atoms with Gasteiger partial charge in [0.05, 0.1) is 5.39 Å². The van der Waals surface area contributed by atoms with E-state index in [9.17, 15) is 0 Å². The standard InChI is InChI=1S/C14H20N4O/c19-9-1-2-11-4-7-18(8-5-11)14-12-3-6-15-13(12)16-10-17-14/h3,6,10-11,19H,1-2,4-5,7-9H2,(H,15,16,17). The summed E-state index contributed by atoms with van der Waals surface area (Å²) in [7, 11) is 0. The molecule has 3 rings (SSSR count). The van der Waals surface area contributed by atoms with Gasteiger partial charge in [0, 0.05) is 25.9 Å². The molecule has 2 aromatic rings. The van der Waals surface area contributed by atoms with E-state index in [1.165, 1.54) is 12.8 Å². The smallest absolute Gasteiger partial charge is 0.142 e. The number of hydrogen-bond acceptors (Lipinski definition) is 4. The van der Waals surface area contributed by atoms with Crippen LogP contribution in [0.15, 0.2) is 18.6 Å². The van der Waals surface area contributed by atoms with Gasteiger partial charge in [0.1, 0.15) is 17.8 Å². The second-order valence-corrected chi connectivity index (χ2v) is 5.23. The summed E-state index contributed by atoms with van der Waals surface area (Å²) in [5.41, 5.74) is 0.910. The molecule has 0 spiro atoms. The number of anilines is 1. The molecular weight excluding hydrogens is 240 g/mol. The summed E-state index contributed by atoms with van der Waals surface area (Å²) in [5.74, 6) is 1.80. The quantitative estimate of drug-likeness (QED) is 0.882. The Morgan fingerprint density at radius 3 is 2.95 bits per heavy atom. The Kier molecular flexibility index (Phi) is 3.64. The fourth-order valence-electron chi connectivity index (χ4n) is 2.92. The number of aromatic amines is 1. The molecule has 0 saturated carbocycles. The van der Waals surface area contributed by atoms with Crippen LogP contribution in [0.3, 0.4) is 0 Å². The predicted molar refractivity (Wildman–Crippen MR) is 75.1 cm³/mol. The lowest BCUT2D eigenvalue weighted by Gasteiger charge is -2.33. The van der Waals surface area contributed by atoms with Gasteiger partial charge < -0.3 is 15.0 Å². The number of aromatic nitrogens is 3. The summed E-state index contributed by atoms with van der Waals surface area (Å²) < 4.78 is 0. The third-order valence-electron chi connectivity index (χ3n) is 4.02. The zero-order valence-corrected chi connectivity index (χ0v) is 11.0. The lowest BCUT2D eigenvalue weighted by molar-refractivity contribution is 0.261. The molecule has 1 aliphatic rings. The molecule has 0 bridgehead atoms. The Hall–Kier alpha value is -1.62. The molecule has 0 unspecified atom stereocenters. The van der Waals surface area contributed by atoms with Crippen molar-refractivity contribution in [1.29, 1.82) is 0 Å². The zero-order chi connectivity index (χ0) is 13.1. The molecule has 5 heteroatoms. The Morgan fingerprint density at radius 1 is 1.32 bits per heavy atom. The van der Waals surface area contributed by atoms with Crippen molar-refractivity contribution in [1.82, 2.24) is 15.0 Å². The minimum absolute atomic E-state index is 0.316. The maximum Gasteiger partial charge on any atom is 0.142 e. The van der Waals surface area contributed by atoms with Gasteiger partial charge >= 0.3 is 0 Å². The molecular formula is C14H20N4O. The van der Waals surface area contributed by atoms with E-state index in [0.717, 1.165) is 48.7 Å². The van der Waals surface area contributed by atoms with Crippen molar-refractivity contribution >= 4 is 16.9 Å². The number of hydrogen-bond donors (Lipinski definition) is 2. The van der Waals surface area contributed by atoms with Gasteiger partial charge in [0.15, 0.2) is 0 Å². The normalized spacial score (nSPS) is 17.2. The van der Waals surface area contributed by atoms with Crippen molar-refractivity contribution in [3.63, 3.8) is 0 Å². The first-order valence-electron chi connectivity index (χ1n) is 7.02. The average Bonchev–Trinajstić information content (AvgIpc) is 2.94. The number of aliphatic hydroxyl groups excluding tert-OH is 1. The van der Waals surface area contributed by atoms with E-state index in [0.29, 0.717) is 6.61 Å². The van der Waals surface area contributed by atoms with E-state index >= 15 is 0 Å². The molecule has 2 aromatic heterocycles. The molecule has 0 amide bonds. The summed E-state index contributed by atoms with van der Waals surface area (Å²) >= 11 is 0. The largest absolute Gasteiger partial charge is 0.396 e. The molecule has 2 N–H and O–H groups in total. The SMILES string of the molecule is OCCCC1CCN(c2ncnc3[nH]ccc23)CC1. The van der Waals surface area contributed by atoms with Gasteiger partial charge in [-0.3, -0.25) is 0 Å². The number of nitrogens with one attached hydrogen (secondary N) is 1. The van der Waals surface area contributed by atoms with Crippen LogP contribution in [-0.4, -0.2) is 39.8 Å². The molecule has 0 aromatic carbocycles. The molecule has 1 saturated heterocycles. The molecule has 5 nitrogen and oxygen atoms in total. The van der Waals surface area contributed by atoms with Crippen LogP contribution in [-0.2, 0) is 0 Å². The fraction of sp³-hybridized carbons (Fsp3) is 0.571. The molecule has 0 atom stereocenters. The lowest BCUT2D eigenvalue weighted by atomic mass is 9.92. The first-order valence-corrected chi connectivity index (χ1v) is 7.02.